The lowest BCUT2D eigenvalue weighted by molar-refractivity contribution is -0.122. The van der Waals surface area contributed by atoms with Gasteiger partial charge in [0, 0.05) is 19.6 Å². The number of nitrogens with one attached hydrogen (secondary N) is 1. The van der Waals surface area contributed by atoms with E-state index in [4.69, 9.17) is 4.74 Å². The standard InChI is InChI=1S/C14H23NO2/c1-9(16)15-14-6-10-3-11(7-14)5-13(17-2)12(4-10)8-14/h10-13H,3-8H2,1-2H3,(H,15,16). The molecule has 3 heteroatoms. The van der Waals surface area contributed by atoms with E-state index in [0.717, 1.165) is 18.3 Å². The van der Waals surface area contributed by atoms with Crippen molar-refractivity contribution in [3.05, 3.63) is 0 Å². The van der Waals surface area contributed by atoms with Gasteiger partial charge in [0.25, 0.3) is 0 Å². The van der Waals surface area contributed by atoms with Crippen LogP contribution in [0.15, 0.2) is 0 Å². The van der Waals surface area contributed by atoms with Crippen LogP contribution in [0.1, 0.15) is 45.4 Å². The van der Waals surface area contributed by atoms with Gasteiger partial charge < -0.3 is 10.1 Å². The van der Waals surface area contributed by atoms with Gasteiger partial charge in [-0.25, -0.2) is 0 Å². The number of rotatable bonds is 2. The molecule has 1 N–H and O–H groups in total. The molecule has 17 heavy (non-hydrogen) atoms. The Hall–Kier alpha value is -0.570. The third-order valence-electron chi connectivity index (χ3n) is 5.15. The predicted octanol–water partition coefficient (Wildman–Crippen LogP) is 2.11. The fourth-order valence-electron chi connectivity index (χ4n) is 4.99. The highest BCUT2D eigenvalue weighted by Gasteiger charge is 2.51. The maximum Gasteiger partial charge on any atom is 0.217 e. The summed E-state index contributed by atoms with van der Waals surface area (Å²) in [5.41, 5.74) is 0.107. The number of hydrogen-bond donors (Lipinski definition) is 1. The molecule has 4 rings (SSSR count). The third-order valence-corrected chi connectivity index (χ3v) is 5.15. The van der Waals surface area contributed by atoms with E-state index >= 15 is 0 Å². The van der Waals surface area contributed by atoms with Crippen LogP contribution in [0.4, 0.5) is 0 Å². The largest absolute Gasteiger partial charge is 0.381 e. The Kier molecular flexibility index (Phi) is 2.69. The van der Waals surface area contributed by atoms with E-state index < -0.39 is 0 Å². The van der Waals surface area contributed by atoms with E-state index in [0.29, 0.717) is 12.0 Å². The van der Waals surface area contributed by atoms with Crippen molar-refractivity contribution in [3.63, 3.8) is 0 Å². The first-order valence-electron chi connectivity index (χ1n) is 6.92. The zero-order valence-corrected chi connectivity index (χ0v) is 10.9. The molecule has 5 atom stereocenters. The van der Waals surface area contributed by atoms with E-state index in [1.54, 1.807) is 6.92 Å². The molecule has 0 aromatic heterocycles. The Morgan fingerprint density at radius 3 is 2.53 bits per heavy atom. The highest BCUT2D eigenvalue weighted by atomic mass is 16.5. The molecule has 4 aliphatic carbocycles. The monoisotopic (exact) mass is 237 g/mol. The normalized spacial score (nSPS) is 47.9. The van der Waals surface area contributed by atoms with E-state index in [1.807, 2.05) is 7.11 Å². The minimum absolute atomic E-state index is 0.107. The van der Waals surface area contributed by atoms with Gasteiger partial charge in [0.05, 0.1) is 6.10 Å². The predicted molar refractivity (Wildman–Crippen MR) is 65.5 cm³/mol. The van der Waals surface area contributed by atoms with Crippen molar-refractivity contribution >= 4 is 5.91 Å². The Balaban J connectivity index is 1.87. The molecule has 4 aliphatic rings. The smallest absolute Gasteiger partial charge is 0.217 e. The summed E-state index contributed by atoms with van der Waals surface area (Å²) in [7, 11) is 1.85. The van der Waals surface area contributed by atoms with Crippen LogP contribution in [0, 0.1) is 17.8 Å². The lowest BCUT2D eigenvalue weighted by Crippen LogP contribution is -2.55. The summed E-state index contributed by atoms with van der Waals surface area (Å²) in [5.74, 6) is 2.39. The highest BCUT2D eigenvalue weighted by molar-refractivity contribution is 5.73. The van der Waals surface area contributed by atoms with Crippen molar-refractivity contribution in [3.8, 4) is 0 Å². The molecule has 0 spiro atoms. The van der Waals surface area contributed by atoms with E-state index in [9.17, 15) is 4.79 Å². The van der Waals surface area contributed by atoms with Gasteiger partial charge in [0.1, 0.15) is 0 Å². The van der Waals surface area contributed by atoms with Gasteiger partial charge in [-0.15, -0.1) is 0 Å². The summed E-state index contributed by atoms with van der Waals surface area (Å²) in [5, 5.41) is 3.28. The second-order valence-corrected chi connectivity index (χ2v) is 6.55. The quantitative estimate of drug-likeness (QED) is 0.799. The van der Waals surface area contributed by atoms with Crippen LogP contribution in [0.5, 0.6) is 0 Å². The van der Waals surface area contributed by atoms with Gasteiger partial charge in [-0.1, -0.05) is 0 Å². The van der Waals surface area contributed by atoms with Crippen LogP contribution in [-0.4, -0.2) is 24.7 Å². The Labute approximate surface area is 103 Å². The minimum atomic E-state index is 0.107. The molecule has 3 nitrogen and oxygen atoms in total. The maximum atomic E-state index is 11.4. The molecule has 0 aromatic carbocycles. The first kappa shape index (κ1) is 11.5. The lowest BCUT2D eigenvalue weighted by atomic mass is 9.63. The fraction of sp³-hybridized carbons (Fsp3) is 0.929. The van der Waals surface area contributed by atoms with E-state index in [2.05, 4.69) is 5.32 Å². The van der Waals surface area contributed by atoms with Gasteiger partial charge in [0.15, 0.2) is 0 Å². The summed E-state index contributed by atoms with van der Waals surface area (Å²) in [6.07, 6.45) is 7.83. The number of hydrogen-bond acceptors (Lipinski definition) is 2. The maximum absolute atomic E-state index is 11.4. The number of amides is 1. The fourth-order valence-corrected chi connectivity index (χ4v) is 4.99. The van der Waals surface area contributed by atoms with Crippen LogP contribution in [0.3, 0.4) is 0 Å². The molecule has 0 heterocycles. The zero-order chi connectivity index (χ0) is 12.0. The van der Waals surface area contributed by atoms with E-state index in [-0.39, 0.29) is 11.4 Å². The molecule has 96 valence electrons. The van der Waals surface area contributed by atoms with Gasteiger partial charge in [-0.3, -0.25) is 4.79 Å². The molecule has 0 saturated heterocycles. The number of fused-ring (bicyclic) bond motifs is 1. The second kappa shape index (κ2) is 3.98. The molecule has 0 radical (unpaired) electrons. The average molecular weight is 237 g/mol. The Morgan fingerprint density at radius 1 is 1.18 bits per heavy atom. The van der Waals surface area contributed by atoms with Gasteiger partial charge in [-0.2, -0.15) is 0 Å². The minimum Gasteiger partial charge on any atom is -0.381 e. The first-order chi connectivity index (χ1) is 8.10. The van der Waals surface area contributed by atoms with Gasteiger partial charge >= 0.3 is 0 Å². The van der Waals surface area contributed by atoms with Crippen molar-refractivity contribution in [1.29, 1.82) is 0 Å². The van der Waals surface area contributed by atoms with Crippen molar-refractivity contribution in [2.45, 2.75) is 57.1 Å². The lowest BCUT2D eigenvalue weighted by Gasteiger charge is -2.48. The molecule has 1 amide bonds. The van der Waals surface area contributed by atoms with Gasteiger partial charge in [0.2, 0.25) is 5.91 Å². The van der Waals surface area contributed by atoms with Crippen LogP contribution in [0.25, 0.3) is 0 Å². The summed E-state index contributed by atoms with van der Waals surface area (Å²) < 4.78 is 5.69. The second-order valence-electron chi connectivity index (χ2n) is 6.55. The molecule has 5 unspecified atom stereocenters. The van der Waals surface area contributed by atoms with Gasteiger partial charge in [-0.05, 0) is 56.3 Å². The van der Waals surface area contributed by atoms with E-state index in [1.165, 1.54) is 32.1 Å². The summed E-state index contributed by atoms with van der Waals surface area (Å²) in [6.45, 7) is 1.66. The molecular formula is C14H23NO2. The molecule has 4 fully saturated rings. The topological polar surface area (TPSA) is 38.3 Å². The number of carbonyl (C=O) groups is 1. The van der Waals surface area contributed by atoms with Crippen molar-refractivity contribution in [1.82, 2.24) is 5.32 Å². The Morgan fingerprint density at radius 2 is 1.88 bits per heavy atom. The van der Waals surface area contributed by atoms with Crippen LogP contribution in [0.2, 0.25) is 0 Å². The zero-order valence-electron chi connectivity index (χ0n) is 10.9. The molecule has 0 aromatic rings. The SMILES string of the molecule is COC1CC2CC3CC1CC(NC(C)=O)(C3)C2. The average Bonchev–Trinajstić information content (AvgIpc) is 2.39. The molecule has 4 bridgehead atoms. The van der Waals surface area contributed by atoms with Crippen molar-refractivity contribution in [2.24, 2.45) is 17.8 Å². The summed E-state index contributed by atoms with van der Waals surface area (Å²) >= 11 is 0. The molecular weight excluding hydrogens is 214 g/mol. The summed E-state index contributed by atoms with van der Waals surface area (Å²) in [4.78, 5) is 11.4. The molecule has 4 saturated carbocycles. The van der Waals surface area contributed by atoms with Crippen LogP contribution < -0.4 is 5.32 Å². The van der Waals surface area contributed by atoms with Crippen LogP contribution in [-0.2, 0) is 9.53 Å². The Bertz CT molecular complexity index is 330. The molecule has 0 aliphatic heterocycles. The number of ether oxygens (including phenoxy) is 1. The number of carbonyl (C=O) groups excluding carboxylic acids is 1. The third kappa shape index (κ3) is 1.99. The summed E-state index contributed by atoms with van der Waals surface area (Å²) in [6, 6.07) is 0. The van der Waals surface area contributed by atoms with Crippen molar-refractivity contribution < 1.29 is 9.53 Å². The van der Waals surface area contributed by atoms with Crippen LogP contribution >= 0.6 is 0 Å². The van der Waals surface area contributed by atoms with Crippen molar-refractivity contribution in [2.75, 3.05) is 7.11 Å². The highest BCUT2D eigenvalue weighted by Crippen LogP contribution is 2.53. The number of methoxy groups -OCH3 is 1. The first-order valence-corrected chi connectivity index (χ1v) is 6.92.